The van der Waals surface area contributed by atoms with Gasteiger partial charge in [0.15, 0.2) is 0 Å². The van der Waals surface area contributed by atoms with Gasteiger partial charge in [-0.25, -0.2) is 10.6 Å². The zero-order chi connectivity index (χ0) is 9.84. The highest BCUT2D eigenvalue weighted by Gasteiger charge is 2.24. The largest absolute Gasteiger partial charge is 0.465 e. The number of nitrogens with zero attached hydrogens (tertiary/aromatic N) is 2. The summed E-state index contributed by atoms with van der Waals surface area (Å²) in [6.45, 7) is 0.892. The molecule has 0 unspecified atom stereocenters. The molecule has 1 saturated heterocycles. The van der Waals surface area contributed by atoms with Crippen molar-refractivity contribution in [2.75, 3.05) is 13.1 Å². The predicted molar refractivity (Wildman–Crippen MR) is 44.7 cm³/mol. The van der Waals surface area contributed by atoms with Gasteiger partial charge >= 0.3 is 6.09 Å². The number of carbonyl (C=O) groups excluding carboxylic acids is 1. The fourth-order valence-electron chi connectivity index (χ4n) is 1.44. The molecule has 1 aliphatic heterocycles. The van der Waals surface area contributed by atoms with Crippen molar-refractivity contribution < 1.29 is 14.7 Å². The minimum absolute atomic E-state index is 0.0203. The number of carboxylic acid groups (broad SMARTS) is 1. The SMILES string of the molecule is NN(C=O)C1CCN(C(=O)O)CC1. The van der Waals surface area contributed by atoms with E-state index in [0.29, 0.717) is 32.3 Å². The molecule has 1 fully saturated rings. The number of nitrogens with two attached hydrogens (primary N) is 1. The first-order chi connectivity index (χ1) is 6.15. The maximum absolute atomic E-state index is 10.5. The van der Waals surface area contributed by atoms with Crippen molar-refractivity contribution in [1.82, 2.24) is 9.91 Å². The van der Waals surface area contributed by atoms with Crippen LogP contribution in [-0.4, -0.2) is 46.7 Å². The van der Waals surface area contributed by atoms with Gasteiger partial charge in [-0.05, 0) is 12.8 Å². The second-order valence-electron chi connectivity index (χ2n) is 3.05. The monoisotopic (exact) mass is 187 g/mol. The summed E-state index contributed by atoms with van der Waals surface area (Å²) in [4.78, 5) is 22.1. The third-order valence-corrected chi connectivity index (χ3v) is 2.28. The summed E-state index contributed by atoms with van der Waals surface area (Å²) in [5.41, 5.74) is 0. The Kier molecular flexibility index (Phi) is 3.07. The Bertz CT molecular complexity index is 201. The molecule has 0 atom stereocenters. The van der Waals surface area contributed by atoms with Crippen LogP contribution in [0.25, 0.3) is 0 Å². The van der Waals surface area contributed by atoms with Crippen LogP contribution in [0.15, 0.2) is 0 Å². The molecule has 0 saturated carbocycles. The van der Waals surface area contributed by atoms with E-state index in [-0.39, 0.29) is 6.04 Å². The van der Waals surface area contributed by atoms with Crippen molar-refractivity contribution in [2.45, 2.75) is 18.9 Å². The second-order valence-corrected chi connectivity index (χ2v) is 3.05. The predicted octanol–water partition coefficient (Wildman–Crippen LogP) is -0.539. The lowest BCUT2D eigenvalue weighted by Gasteiger charge is -2.33. The molecule has 2 amide bonds. The Morgan fingerprint density at radius 1 is 1.54 bits per heavy atom. The number of likely N-dealkylation sites (tertiary alicyclic amines) is 1. The van der Waals surface area contributed by atoms with E-state index >= 15 is 0 Å². The average molecular weight is 187 g/mol. The van der Waals surface area contributed by atoms with Crippen molar-refractivity contribution in [1.29, 1.82) is 0 Å². The topological polar surface area (TPSA) is 86.9 Å². The van der Waals surface area contributed by atoms with Crippen LogP contribution in [0, 0.1) is 0 Å². The summed E-state index contributed by atoms with van der Waals surface area (Å²) < 4.78 is 0. The molecule has 3 N–H and O–H groups in total. The highest BCUT2D eigenvalue weighted by Crippen LogP contribution is 2.12. The van der Waals surface area contributed by atoms with Gasteiger partial charge in [-0.15, -0.1) is 0 Å². The molecule has 0 spiro atoms. The molecule has 6 heteroatoms. The van der Waals surface area contributed by atoms with E-state index in [1.165, 1.54) is 4.90 Å². The molecule has 0 aromatic rings. The lowest BCUT2D eigenvalue weighted by atomic mass is 10.1. The number of hydrazine groups is 1. The van der Waals surface area contributed by atoms with Crippen LogP contribution in [0.4, 0.5) is 4.79 Å². The van der Waals surface area contributed by atoms with Crippen molar-refractivity contribution >= 4 is 12.5 Å². The van der Waals surface area contributed by atoms with Crippen LogP contribution in [0.1, 0.15) is 12.8 Å². The van der Waals surface area contributed by atoms with E-state index in [1.807, 2.05) is 0 Å². The fourth-order valence-corrected chi connectivity index (χ4v) is 1.44. The normalized spacial score (nSPS) is 18.4. The van der Waals surface area contributed by atoms with Gasteiger partial charge in [0.25, 0.3) is 0 Å². The van der Waals surface area contributed by atoms with Gasteiger partial charge in [-0.3, -0.25) is 9.80 Å². The summed E-state index contributed by atoms with van der Waals surface area (Å²) in [6, 6.07) is -0.0203. The summed E-state index contributed by atoms with van der Waals surface area (Å²) in [5, 5.41) is 9.74. The molecule has 1 rings (SSSR count). The van der Waals surface area contributed by atoms with Gasteiger partial charge < -0.3 is 10.0 Å². The van der Waals surface area contributed by atoms with Crippen LogP contribution < -0.4 is 5.84 Å². The molecular weight excluding hydrogens is 174 g/mol. The third kappa shape index (κ3) is 2.32. The highest BCUT2D eigenvalue weighted by atomic mass is 16.4. The number of amides is 2. The lowest BCUT2D eigenvalue weighted by molar-refractivity contribution is -0.121. The van der Waals surface area contributed by atoms with E-state index in [9.17, 15) is 9.59 Å². The van der Waals surface area contributed by atoms with E-state index in [1.54, 1.807) is 0 Å². The minimum atomic E-state index is -0.909. The third-order valence-electron chi connectivity index (χ3n) is 2.28. The van der Waals surface area contributed by atoms with Gasteiger partial charge in [-0.2, -0.15) is 0 Å². The Balaban J connectivity index is 2.38. The molecule has 1 aliphatic rings. The highest BCUT2D eigenvalue weighted by molar-refractivity contribution is 5.65. The number of carbonyl (C=O) groups is 2. The van der Waals surface area contributed by atoms with Gasteiger partial charge in [0.1, 0.15) is 0 Å². The quantitative estimate of drug-likeness (QED) is 0.263. The Morgan fingerprint density at radius 2 is 2.08 bits per heavy atom. The molecule has 13 heavy (non-hydrogen) atoms. The molecule has 0 bridgehead atoms. The number of rotatable bonds is 2. The van der Waals surface area contributed by atoms with Crippen molar-refractivity contribution in [3.05, 3.63) is 0 Å². The molecule has 0 aromatic carbocycles. The first-order valence-electron chi connectivity index (χ1n) is 4.11. The molecular formula is C7H13N3O3. The Hall–Kier alpha value is -1.30. The van der Waals surface area contributed by atoms with Crippen molar-refractivity contribution in [3.63, 3.8) is 0 Å². The minimum Gasteiger partial charge on any atom is -0.465 e. The fraction of sp³-hybridized carbons (Fsp3) is 0.714. The Morgan fingerprint density at radius 3 is 2.46 bits per heavy atom. The zero-order valence-corrected chi connectivity index (χ0v) is 7.22. The van der Waals surface area contributed by atoms with Gasteiger partial charge in [-0.1, -0.05) is 0 Å². The van der Waals surface area contributed by atoms with E-state index in [4.69, 9.17) is 10.9 Å². The first-order valence-corrected chi connectivity index (χ1v) is 4.11. The molecule has 74 valence electrons. The van der Waals surface area contributed by atoms with Gasteiger partial charge in [0, 0.05) is 13.1 Å². The molecule has 0 radical (unpaired) electrons. The molecule has 6 nitrogen and oxygen atoms in total. The number of hydrogen-bond acceptors (Lipinski definition) is 3. The summed E-state index contributed by atoms with van der Waals surface area (Å²) in [5.74, 6) is 5.37. The number of hydrogen-bond donors (Lipinski definition) is 2. The Labute approximate surface area is 75.9 Å². The smallest absolute Gasteiger partial charge is 0.407 e. The maximum atomic E-state index is 10.5. The van der Waals surface area contributed by atoms with E-state index in [2.05, 4.69) is 0 Å². The van der Waals surface area contributed by atoms with Crippen LogP contribution in [0.3, 0.4) is 0 Å². The second kappa shape index (κ2) is 4.08. The van der Waals surface area contributed by atoms with Crippen LogP contribution >= 0.6 is 0 Å². The van der Waals surface area contributed by atoms with E-state index < -0.39 is 6.09 Å². The molecule has 0 aromatic heterocycles. The molecule has 0 aliphatic carbocycles. The van der Waals surface area contributed by atoms with E-state index in [0.717, 1.165) is 5.01 Å². The standard InChI is InChI=1S/C7H13N3O3/c8-10(5-11)6-1-3-9(4-2-6)7(12)13/h5-6H,1-4,8H2,(H,12,13). The average Bonchev–Trinajstić information content (AvgIpc) is 2.17. The first kappa shape index (κ1) is 9.79. The van der Waals surface area contributed by atoms with Crippen molar-refractivity contribution in [2.24, 2.45) is 5.84 Å². The van der Waals surface area contributed by atoms with Crippen LogP contribution in [-0.2, 0) is 4.79 Å². The maximum Gasteiger partial charge on any atom is 0.407 e. The molecule has 1 heterocycles. The summed E-state index contributed by atoms with van der Waals surface area (Å²) in [7, 11) is 0. The summed E-state index contributed by atoms with van der Waals surface area (Å²) >= 11 is 0. The summed E-state index contributed by atoms with van der Waals surface area (Å²) in [6.07, 6.45) is 0.887. The lowest BCUT2D eigenvalue weighted by Crippen LogP contribution is -2.48. The number of piperidine rings is 1. The van der Waals surface area contributed by atoms with Crippen LogP contribution in [0.5, 0.6) is 0 Å². The zero-order valence-electron chi connectivity index (χ0n) is 7.22. The van der Waals surface area contributed by atoms with Crippen molar-refractivity contribution in [3.8, 4) is 0 Å². The van der Waals surface area contributed by atoms with Gasteiger partial charge in [0.05, 0.1) is 6.04 Å². The van der Waals surface area contributed by atoms with Crippen LogP contribution in [0.2, 0.25) is 0 Å². The van der Waals surface area contributed by atoms with Gasteiger partial charge in [0.2, 0.25) is 6.41 Å².